The minimum atomic E-state index is 0.222. The van der Waals surface area contributed by atoms with E-state index in [2.05, 4.69) is 0 Å². The fourth-order valence-corrected chi connectivity index (χ4v) is 3.51. The second-order valence-electron chi connectivity index (χ2n) is 6.47. The zero-order valence-electron chi connectivity index (χ0n) is 14.5. The van der Waals surface area contributed by atoms with Gasteiger partial charge in [-0.05, 0) is 29.0 Å². The predicted octanol–water partition coefficient (Wildman–Crippen LogP) is 6.00. The van der Waals surface area contributed by atoms with Gasteiger partial charge in [0.05, 0.1) is 16.7 Å². The molecule has 5 aromatic rings. The van der Waals surface area contributed by atoms with Crippen molar-refractivity contribution in [2.24, 2.45) is 4.99 Å². The molecule has 0 saturated heterocycles. The lowest BCUT2D eigenvalue weighted by atomic mass is 10.0. The molecule has 1 N–H and O–H groups in total. The van der Waals surface area contributed by atoms with Crippen LogP contribution in [0.25, 0.3) is 32.6 Å². The van der Waals surface area contributed by atoms with Crippen LogP contribution in [0.3, 0.4) is 0 Å². The molecule has 0 spiro atoms. The second-order valence-corrected chi connectivity index (χ2v) is 6.47. The van der Waals surface area contributed by atoms with Crippen molar-refractivity contribution in [1.82, 2.24) is 4.98 Å². The third kappa shape index (κ3) is 2.61. The van der Waals surface area contributed by atoms with Gasteiger partial charge in [-0.25, -0.2) is 4.98 Å². The van der Waals surface area contributed by atoms with Gasteiger partial charge in [-0.1, -0.05) is 66.7 Å². The number of rotatable bonds is 2. The molecule has 0 radical (unpaired) electrons. The summed E-state index contributed by atoms with van der Waals surface area (Å²) in [6.45, 7) is 0. The average molecular weight is 348 g/mol. The number of pyridine rings is 1. The van der Waals surface area contributed by atoms with Crippen LogP contribution in [0.4, 0.5) is 5.69 Å². The van der Waals surface area contributed by atoms with Crippen LogP contribution in [-0.2, 0) is 0 Å². The maximum absolute atomic E-state index is 10.4. The number of phenols is 1. The molecule has 3 nitrogen and oxygen atoms in total. The van der Waals surface area contributed by atoms with E-state index in [-0.39, 0.29) is 5.75 Å². The Morgan fingerprint density at radius 1 is 0.667 bits per heavy atom. The van der Waals surface area contributed by atoms with Crippen LogP contribution in [0.1, 0.15) is 5.56 Å². The monoisotopic (exact) mass is 348 g/mol. The van der Waals surface area contributed by atoms with Crippen molar-refractivity contribution < 1.29 is 5.11 Å². The molecule has 27 heavy (non-hydrogen) atoms. The molecular formula is C24H16N2O. The van der Waals surface area contributed by atoms with Gasteiger partial charge in [0, 0.05) is 22.6 Å². The molecule has 0 atom stereocenters. The highest BCUT2D eigenvalue weighted by Crippen LogP contribution is 2.34. The number of fused-ring (bicyclic) bond motifs is 3. The summed E-state index contributed by atoms with van der Waals surface area (Å²) in [7, 11) is 0. The van der Waals surface area contributed by atoms with Gasteiger partial charge < -0.3 is 5.11 Å². The molecule has 0 aliphatic carbocycles. The first-order valence-electron chi connectivity index (χ1n) is 8.83. The Bertz CT molecular complexity index is 1280. The quantitative estimate of drug-likeness (QED) is 0.314. The van der Waals surface area contributed by atoms with E-state index in [1.807, 2.05) is 78.9 Å². The molecular weight excluding hydrogens is 332 g/mol. The number of benzene rings is 4. The Kier molecular flexibility index (Phi) is 3.58. The fraction of sp³-hybridized carbons (Fsp3) is 0. The predicted molar refractivity (Wildman–Crippen MR) is 112 cm³/mol. The van der Waals surface area contributed by atoms with E-state index in [4.69, 9.17) is 9.98 Å². The van der Waals surface area contributed by atoms with Crippen LogP contribution in [0.15, 0.2) is 89.9 Å². The van der Waals surface area contributed by atoms with Gasteiger partial charge in [0.2, 0.25) is 0 Å². The topological polar surface area (TPSA) is 45.5 Å². The molecule has 3 heteroatoms. The van der Waals surface area contributed by atoms with Crippen LogP contribution in [0.5, 0.6) is 5.75 Å². The largest absolute Gasteiger partial charge is 0.507 e. The summed E-state index contributed by atoms with van der Waals surface area (Å²) in [6.07, 6.45) is 1.76. The van der Waals surface area contributed by atoms with Gasteiger partial charge in [0.1, 0.15) is 5.75 Å². The van der Waals surface area contributed by atoms with Crippen molar-refractivity contribution in [3.63, 3.8) is 0 Å². The van der Waals surface area contributed by atoms with E-state index < -0.39 is 0 Å². The fourth-order valence-electron chi connectivity index (χ4n) is 3.51. The summed E-state index contributed by atoms with van der Waals surface area (Å²) in [5.74, 6) is 0.222. The van der Waals surface area contributed by atoms with Gasteiger partial charge in [-0.2, -0.15) is 0 Å². The molecule has 1 heterocycles. The SMILES string of the molecule is Oc1ccc2ccccc2c1C=Nc1c2ccccc2nc2ccccc12. The van der Waals surface area contributed by atoms with E-state index in [0.29, 0.717) is 0 Å². The summed E-state index contributed by atoms with van der Waals surface area (Å²) in [6, 6.07) is 27.6. The lowest BCUT2D eigenvalue weighted by Gasteiger charge is -2.08. The Labute approximate surface area is 156 Å². The van der Waals surface area contributed by atoms with E-state index in [9.17, 15) is 5.11 Å². The third-order valence-electron chi connectivity index (χ3n) is 4.83. The number of aliphatic imine (C=N–C) groups is 1. The van der Waals surface area contributed by atoms with Crippen molar-refractivity contribution in [1.29, 1.82) is 0 Å². The van der Waals surface area contributed by atoms with Gasteiger partial charge in [0.25, 0.3) is 0 Å². The normalized spacial score (nSPS) is 11.7. The molecule has 0 aliphatic heterocycles. The molecule has 0 aliphatic rings. The molecule has 1 aromatic heterocycles. The van der Waals surface area contributed by atoms with E-state index in [1.54, 1.807) is 12.3 Å². The number of aromatic hydroxyl groups is 1. The minimum Gasteiger partial charge on any atom is -0.507 e. The highest BCUT2D eigenvalue weighted by molar-refractivity contribution is 6.09. The highest BCUT2D eigenvalue weighted by atomic mass is 16.3. The number of nitrogens with zero attached hydrogens (tertiary/aromatic N) is 2. The number of para-hydroxylation sites is 2. The Balaban J connectivity index is 1.79. The van der Waals surface area contributed by atoms with Crippen LogP contribution in [0.2, 0.25) is 0 Å². The molecule has 128 valence electrons. The Hall–Kier alpha value is -3.72. The van der Waals surface area contributed by atoms with Crippen molar-refractivity contribution >= 4 is 44.5 Å². The van der Waals surface area contributed by atoms with Crippen LogP contribution >= 0.6 is 0 Å². The Morgan fingerprint density at radius 2 is 1.26 bits per heavy atom. The van der Waals surface area contributed by atoms with Crippen molar-refractivity contribution in [3.05, 3.63) is 90.5 Å². The second kappa shape index (κ2) is 6.22. The molecule has 0 amide bonds. The number of aromatic nitrogens is 1. The maximum Gasteiger partial charge on any atom is 0.124 e. The first-order chi connectivity index (χ1) is 13.3. The standard InChI is InChI=1S/C24H16N2O/c27-23-14-13-16-7-1-2-8-17(16)20(23)15-25-24-18-9-3-5-11-21(18)26-22-12-6-4-10-19(22)24/h1-15,27H. The maximum atomic E-state index is 10.4. The molecule has 0 saturated carbocycles. The molecule has 0 unspecified atom stereocenters. The lowest BCUT2D eigenvalue weighted by Crippen LogP contribution is -1.88. The van der Waals surface area contributed by atoms with Crippen LogP contribution < -0.4 is 0 Å². The van der Waals surface area contributed by atoms with Gasteiger partial charge in [0.15, 0.2) is 0 Å². The van der Waals surface area contributed by atoms with Gasteiger partial charge >= 0.3 is 0 Å². The number of hydrogen-bond acceptors (Lipinski definition) is 3. The first-order valence-corrected chi connectivity index (χ1v) is 8.83. The van der Waals surface area contributed by atoms with E-state index in [0.717, 1.165) is 43.8 Å². The molecule has 4 aromatic carbocycles. The molecule has 0 fully saturated rings. The molecule has 5 rings (SSSR count). The summed E-state index contributed by atoms with van der Waals surface area (Å²) < 4.78 is 0. The van der Waals surface area contributed by atoms with Gasteiger partial charge in [-0.3, -0.25) is 4.99 Å². The average Bonchev–Trinajstić information content (AvgIpc) is 2.72. The van der Waals surface area contributed by atoms with Crippen LogP contribution in [-0.4, -0.2) is 16.3 Å². The van der Waals surface area contributed by atoms with Crippen LogP contribution in [0, 0.1) is 0 Å². The van der Waals surface area contributed by atoms with Crippen molar-refractivity contribution in [3.8, 4) is 5.75 Å². The summed E-state index contributed by atoms with van der Waals surface area (Å²) in [5, 5.41) is 14.4. The summed E-state index contributed by atoms with van der Waals surface area (Å²) in [4.78, 5) is 9.56. The van der Waals surface area contributed by atoms with Gasteiger partial charge in [-0.15, -0.1) is 0 Å². The lowest BCUT2D eigenvalue weighted by molar-refractivity contribution is 0.475. The molecule has 0 bridgehead atoms. The summed E-state index contributed by atoms with van der Waals surface area (Å²) in [5.41, 5.74) is 3.40. The smallest absolute Gasteiger partial charge is 0.124 e. The Morgan fingerprint density at radius 3 is 1.96 bits per heavy atom. The van der Waals surface area contributed by atoms with Crippen molar-refractivity contribution in [2.75, 3.05) is 0 Å². The number of phenolic OH excluding ortho intramolecular Hbond substituents is 1. The highest BCUT2D eigenvalue weighted by Gasteiger charge is 2.09. The first kappa shape index (κ1) is 15.5. The van der Waals surface area contributed by atoms with E-state index >= 15 is 0 Å². The van der Waals surface area contributed by atoms with E-state index in [1.165, 1.54) is 0 Å². The van der Waals surface area contributed by atoms with Crippen molar-refractivity contribution in [2.45, 2.75) is 0 Å². The zero-order chi connectivity index (χ0) is 18.2. The third-order valence-corrected chi connectivity index (χ3v) is 4.83. The number of hydrogen-bond donors (Lipinski definition) is 1. The minimum absolute atomic E-state index is 0.222. The summed E-state index contributed by atoms with van der Waals surface area (Å²) >= 11 is 0. The zero-order valence-corrected chi connectivity index (χ0v) is 14.5.